The number of carbonyl (C=O) groups excluding carboxylic acids is 1. The molecule has 112 valence electrons. The summed E-state index contributed by atoms with van der Waals surface area (Å²) in [6, 6.07) is 0. The van der Waals surface area contributed by atoms with Crippen molar-refractivity contribution in [2.45, 2.75) is 46.1 Å². The van der Waals surface area contributed by atoms with E-state index < -0.39 is 0 Å². The van der Waals surface area contributed by atoms with Crippen LogP contribution in [0.4, 0.5) is 0 Å². The van der Waals surface area contributed by atoms with E-state index in [4.69, 9.17) is 16.3 Å². The predicted molar refractivity (Wildman–Crippen MR) is 76.5 cm³/mol. The van der Waals surface area contributed by atoms with Crippen molar-refractivity contribution in [3.63, 3.8) is 0 Å². The highest BCUT2D eigenvalue weighted by Gasteiger charge is 2.35. The number of esters is 1. The molecule has 1 saturated carbocycles. The summed E-state index contributed by atoms with van der Waals surface area (Å²) in [6.07, 6.45) is 2.14. The number of carbonyl (C=O) groups is 1. The molecule has 0 aromatic carbocycles. The first kappa shape index (κ1) is 15.3. The Labute approximate surface area is 124 Å². The lowest BCUT2D eigenvalue weighted by molar-refractivity contribution is -0.157. The standard InChI is InChI=1S/C14H22ClN3O2/c1-8-4-11(7-15)5-9(2)14(8)20-13(19)6-12-16-10(3)17-18-12/h8-9,11,14H,4-7H2,1-3H3,(H,16,17,18). The molecule has 0 spiro atoms. The van der Waals surface area contributed by atoms with E-state index in [0.717, 1.165) is 12.8 Å². The van der Waals surface area contributed by atoms with Gasteiger partial charge in [0.15, 0.2) is 5.82 Å². The van der Waals surface area contributed by atoms with E-state index in [1.807, 2.05) is 0 Å². The Morgan fingerprint density at radius 3 is 2.55 bits per heavy atom. The van der Waals surface area contributed by atoms with Gasteiger partial charge in [0.2, 0.25) is 0 Å². The number of hydrogen-bond donors (Lipinski definition) is 1. The average Bonchev–Trinajstić information content (AvgIpc) is 2.79. The zero-order valence-corrected chi connectivity index (χ0v) is 13.0. The van der Waals surface area contributed by atoms with Crippen molar-refractivity contribution in [2.75, 3.05) is 5.88 Å². The molecule has 2 unspecified atom stereocenters. The van der Waals surface area contributed by atoms with Gasteiger partial charge in [0.25, 0.3) is 0 Å². The lowest BCUT2D eigenvalue weighted by atomic mass is 9.75. The number of alkyl halides is 1. The van der Waals surface area contributed by atoms with Crippen molar-refractivity contribution in [3.05, 3.63) is 11.6 Å². The smallest absolute Gasteiger partial charge is 0.313 e. The maximum absolute atomic E-state index is 12.0. The Bertz CT molecular complexity index is 451. The summed E-state index contributed by atoms with van der Waals surface area (Å²) >= 11 is 5.95. The molecule has 2 rings (SSSR count). The molecule has 1 aliphatic carbocycles. The van der Waals surface area contributed by atoms with Crippen LogP contribution in [-0.4, -0.2) is 33.1 Å². The summed E-state index contributed by atoms with van der Waals surface area (Å²) in [4.78, 5) is 16.1. The van der Waals surface area contributed by atoms with Crippen LogP contribution >= 0.6 is 11.6 Å². The zero-order valence-electron chi connectivity index (χ0n) is 12.2. The van der Waals surface area contributed by atoms with Crippen LogP contribution in [0.15, 0.2) is 0 Å². The highest BCUT2D eigenvalue weighted by Crippen LogP contribution is 2.35. The number of nitrogens with one attached hydrogen (secondary N) is 1. The van der Waals surface area contributed by atoms with Crippen LogP contribution in [0.3, 0.4) is 0 Å². The summed E-state index contributed by atoms with van der Waals surface area (Å²) in [7, 11) is 0. The zero-order chi connectivity index (χ0) is 14.7. The summed E-state index contributed by atoms with van der Waals surface area (Å²) in [5.74, 6) is 2.86. The van der Waals surface area contributed by atoms with Crippen LogP contribution in [0.2, 0.25) is 0 Å². The van der Waals surface area contributed by atoms with Gasteiger partial charge in [0.05, 0.1) is 0 Å². The number of aromatic nitrogens is 3. The van der Waals surface area contributed by atoms with Gasteiger partial charge < -0.3 is 4.74 Å². The molecule has 1 heterocycles. The van der Waals surface area contributed by atoms with Crippen molar-refractivity contribution in [3.8, 4) is 0 Å². The molecule has 1 aliphatic rings. The van der Waals surface area contributed by atoms with Gasteiger partial charge in [-0.1, -0.05) is 13.8 Å². The number of ether oxygens (including phenoxy) is 1. The minimum atomic E-state index is -0.253. The number of nitrogens with zero attached hydrogens (tertiary/aromatic N) is 2. The number of aryl methyl sites for hydroxylation is 1. The Morgan fingerprint density at radius 1 is 1.40 bits per heavy atom. The van der Waals surface area contributed by atoms with Crippen LogP contribution in [0.25, 0.3) is 0 Å². The summed E-state index contributed by atoms with van der Waals surface area (Å²) in [6.45, 7) is 6.06. The first-order chi connectivity index (χ1) is 9.49. The highest BCUT2D eigenvalue weighted by molar-refractivity contribution is 6.18. The van der Waals surface area contributed by atoms with E-state index >= 15 is 0 Å². The van der Waals surface area contributed by atoms with E-state index in [-0.39, 0.29) is 18.5 Å². The number of halogens is 1. The molecule has 1 N–H and O–H groups in total. The molecule has 2 atom stereocenters. The minimum absolute atomic E-state index is 0.0259. The van der Waals surface area contributed by atoms with Crippen LogP contribution in [0, 0.1) is 24.7 Å². The summed E-state index contributed by atoms with van der Waals surface area (Å²) < 4.78 is 5.65. The first-order valence-corrected chi connectivity index (χ1v) is 7.66. The number of aromatic amines is 1. The molecule has 6 heteroatoms. The van der Waals surface area contributed by atoms with Gasteiger partial charge in [-0.25, -0.2) is 4.98 Å². The van der Waals surface area contributed by atoms with Crippen molar-refractivity contribution in [1.82, 2.24) is 15.2 Å². The van der Waals surface area contributed by atoms with E-state index in [2.05, 4.69) is 29.0 Å². The van der Waals surface area contributed by atoms with E-state index in [0.29, 0.717) is 35.3 Å². The second-order valence-electron chi connectivity index (χ2n) is 5.91. The number of hydrogen-bond acceptors (Lipinski definition) is 4. The van der Waals surface area contributed by atoms with Gasteiger partial charge in [0.1, 0.15) is 18.3 Å². The maximum atomic E-state index is 12.0. The van der Waals surface area contributed by atoms with Crippen molar-refractivity contribution in [1.29, 1.82) is 0 Å². The molecular formula is C14H22ClN3O2. The SMILES string of the molecule is Cc1nc(CC(=O)OC2C(C)CC(CCl)CC2C)n[nH]1. The molecule has 0 bridgehead atoms. The normalized spacial score (nSPS) is 30.2. The van der Waals surface area contributed by atoms with Gasteiger partial charge in [-0.3, -0.25) is 9.89 Å². The molecule has 1 aromatic rings. The van der Waals surface area contributed by atoms with Gasteiger partial charge >= 0.3 is 5.97 Å². The summed E-state index contributed by atoms with van der Waals surface area (Å²) in [5, 5.41) is 6.68. The molecule has 1 fully saturated rings. The van der Waals surface area contributed by atoms with Crippen LogP contribution in [0.1, 0.15) is 38.3 Å². The first-order valence-electron chi connectivity index (χ1n) is 7.13. The fourth-order valence-corrected chi connectivity index (χ4v) is 3.38. The molecule has 20 heavy (non-hydrogen) atoms. The van der Waals surface area contributed by atoms with E-state index in [1.165, 1.54) is 0 Å². The van der Waals surface area contributed by atoms with E-state index in [1.54, 1.807) is 6.92 Å². The Kier molecular flexibility index (Phi) is 5.02. The van der Waals surface area contributed by atoms with Crippen molar-refractivity contribution in [2.24, 2.45) is 17.8 Å². The van der Waals surface area contributed by atoms with Crippen LogP contribution < -0.4 is 0 Å². The fourth-order valence-electron chi connectivity index (χ4n) is 3.13. The second-order valence-corrected chi connectivity index (χ2v) is 6.22. The summed E-state index contributed by atoms with van der Waals surface area (Å²) in [5.41, 5.74) is 0. The molecule has 0 amide bonds. The van der Waals surface area contributed by atoms with Gasteiger partial charge in [-0.15, -0.1) is 11.6 Å². The predicted octanol–water partition coefficient (Wildman–Crippen LogP) is 2.49. The third-order valence-electron chi connectivity index (χ3n) is 3.96. The van der Waals surface area contributed by atoms with Crippen LogP contribution in [-0.2, 0) is 16.0 Å². The second kappa shape index (κ2) is 6.57. The largest absolute Gasteiger partial charge is 0.461 e. The molecule has 0 saturated heterocycles. The molecule has 0 radical (unpaired) electrons. The average molecular weight is 300 g/mol. The van der Waals surface area contributed by atoms with Crippen LogP contribution in [0.5, 0.6) is 0 Å². The minimum Gasteiger partial charge on any atom is -0.461 e. The Morgan fingerprint density at radius 2 is 2.05 bits per heavy atom. The van der Waals surface area contributed by atoms with Crippen molar-refractivity contribution >= 4 is 17.6 Å². The third kappa shape index (κ3) is 3.72. The highest BCUT2D eigenvalue weighted by atomic mass is 35.5. The van der Waals surface area contributed by atoms with Gasteiger partial charge in [0, 0.05) is 5.88 Å². The fraction of sp³-hybridized carbons (Fsp3) is 0.786. The van der Waals surface area contributed by atoms with Crippen molar-refractivity contribution < 1.29 is 9.53 Å². The van der Waals surface area contributed by atoms with Gasteiger partial charge in [-0.2, -0.15) is 5.10 Å². The third-order valence-corrected chi connectivity index (χ3v) is 4.40. The molecule has 0 aliphatic heterocycles. The van der Waals surface area contributed by atoms with Gasteiger partial charge in [-0.05, 0) is 37.5 Å². The maximum Gasteiger partial charge on any atom is 0.313 e. The molecule has 1 aromatic heterocycles. The van der Waals surface area contributed by atoms with E-state index in [9.17, 15) is 4.79 Å². The lowest BCUT2D eigenvalue weighted by Crippen LogP contribution is -2.38. The topological polar surface area (TPSA) is 67.9 Å². The Hall–Kier alpha value is -1.10. The molecule has 5 nitrogen and oxygen atoms in total. The molecular weight excluding hydrogens is 278 g/mol. The Balaban J connectivity index is 1.90. The number of rotatable bonds is 4. The monoisotopic (exact) mass is 299 g/mol. The quantitative estimate of drug-likeness (QED) is 0.685. The number of H-pyrrole nitrogens is 1. The lowest BCUT2D eigenvalue weighted by Gasteiger charge is -2.37.